The first-order chi connectivity index (χ1) is 15.5. The summed E-state index contributed by atoms with van der Waals surface area (Å²) in [7, 11) is 1.80. The maximum atomic E-state index is 12.8. The zero-order valence-electron chi connectivity index (χ0n) is 18.2. The van der Waals surface area contributed by atoms with E-state index in [4.69, 9.17) is 16.3 Å². The Balaban J connectivity index is 1.51. The van der Waals surface area contributed by atoms with Crippen molar-refractivity contribution in [1.29, 1.82) is 0 Å². The number of halogens is 1. The number of anilines is 1. The van der Waals surface area contributed by atoms with Crippen LogP contribution in [0.1, 0.15) is 11.1 Å². The Morgan fingerprint density at radius 1 is 1.16 bits per heavy atom. The monoisotopic (exact) mass is 471 g/mol. The van der Waals surface area contributed by atoms with E-state index < -0.39 is 0 Å². The first-order valence-corrected chi connectivity index (χ1v) is 11.8. The molecule has 1 amide bonds. The Morgan fingerprint density at radius 3 is 2.69 bits per heavy atom. The number of hydrogen-bond donors (Lipinski definition) is 0. The maximum absolute atomic E-state index is 12.8. The van der Waals surface area contributed by atoms with Crippen LogP contribution in [-0.4, -0.2) is 64.7 Å². The molecule has 3 aromatic rings. The van der Waals surface area contributed by atoms with Crippen LogP contribution in [0.3, 0.4) is 0 Å². The van der Waals surface area contributed by atoms with E-state index in [9.17, 15) is 4.79 Å². The van der Waals surface area contributed by atoms with Gasteiger partial charge in [0.15, 0.2) is 5.16 Å². The lowest BCUT2D eigenvalue weighted by atomic mass is 10.2. The SMILES string of the molecule is Cc1cccc(-n2c(SCC(=O)N(C)Cc3cccc(Cl)c3)nnc2N2CCOCC2)c1. The maximum Gasteiger partial charge on any atom is 0.233 e. The first-order valence-electron chi connectivity index (χ1n) is 10.5. The van der Waals surface area contributed by atoms with E-state index in [0.29, 0.717) is 29.9 Å². The van der Waals surface area contributed by atoms with Gasteiger partial charge in [-0.1, -0.05) is 47.6 Å². The normalized spacial score (nSPS) is 13.9. The van der Waals surface area contributed by atoms with Gasteiger partial charge in [-0.2, -0.15) is 0 Å². The van der Waals surface area contributed by atoms with Gasteiger partial charge in [-0.15, -0.1) is 10.2 Å². The zero-order valence-corrected chi connectivity index (χ0v) is 19.8. The van der Waals surface area contributed by atoms with E-state index in [1.165, 1.54) is 11.8 Å². The Kier molecular flexibility index (Phi) is 7.34. The summed E-state index contributed by atoms with van der Waals surface area (Å²) in [6.45, 7) is 5.41. The van der Waals surface area contributed by atoms with Crippen molar-refractivity contribution < 1.29 is 9.53 Å². The first kappa shape index (κ1) is 22.6. The van der Waals surface area contributed by atoms with Crippen LogP contribution in [0.4, 0.5) is 5.95 Å². The van der Waals surface area contributed by atoms with Gasteiger partial charge in [0.2, 0.25) is 11.9 Å². The summed E-state index contributed by atoms with van der Waals surface area (Å²) >= 11 is 7.46. The van der Waals surface area contributed by atoms with Gasteiger partial charge >= 0.3 is 0 Å². The summed E-state index contributed by atoms with van der Waals surface area (Å²) in [5, 5.41) is 10.3. The minimum atomic E-state index is 0.0155. The fraction of sp³-hybridized carbons (Fsp3) is 0.348. The van der Waals surface area contributed by atoms with Gasteiger partial charge in [0.05, 0.1) is 24.7 Å². The number of aromatic nitrogens is 3. The van der Waals surface area contributed by atoms with Crippen molar-refractivity contribution >= 4 is 35.2 Å². The smallest absolute Gasteiger partial charge is 0.233 e. The third kappa shape index (κ3) is 5.43. The molecule has 168 valence electrons. The third-order valence-corrected chi connectivity index (χ3v) is 6.38. The van der Waals surface area contributed by atoms with Gasteiger partial charge in [-0.05, 0) is 42.3 Å². The van der Waals surface area contributed by atoms with Crippen LogP contribution in [0.5, 0.6) is 0 Å². The fourth-order valence-electron chi connectivity index (χ4n) is 3.55. The number of carbonyl (C=O) groups is 1. The molecule has 0 aliphatic carbocycles. The molecule has 0 spiro atoms. The Labute approximate surface area is 197 Å². The number of rotatable bonds is 7. The molecule has 1 fully saturated rings. The molecule has 1 aliphatic heterocycles. The van der Waals surface area contributed by atoms with E-state index in [0.717, 1.165) is 35.9 Å². The van der Waals surface area contributed by atoms with E-state index in [1.807, 2.05) is 41.0 Å². The highest BCUT2D eigenvalue weighted by Crippen LogP contribution is 2.28. The van der Waals surface area contributed by atoms with Gasteiger partial charge in [-0.25, -0.2) is 0 Å². The molecule has 0 saturated carbocycles. The van der Waals surface area contributed by atoms with Crippen LogP contribution in [0.15, 0.2) is 53.7 Å². The van der Waals surface area contributed by atoms with Gasteiger partial charge in [0.1, 0.15) is 0 Å². The predicted molar refractivity (Wildman–Crippen MR) is 128 cm³/mol. The summed E-state index contributed by atoms with van der Waals surface area (Å²) in [5.41, 5.74) is 3.13. The predicted octanol–water partition coefficient (Wildman–Crippen LogP) is 3.82. The highest BCUT2D eigenvalue weighted by Gasteiger charge is 2.23. The van der Waals surface area contributed by atoms with Crippen LogP contribution < -0.4 is 4.90 Å². The largest absolute Gasteiger partial charge is 0.378 e. The van der Waals surface area contributed by atoms with E-state index in [-0.39, 0.29) is 11.7 Å². The molecule has 9 heteroatoms. The molecule has 0 unspecified atom stereocenters. The van der Waals surface area contributed by atoms with Gasteiger partial charge in [0, 0.05) is 31.7 Å². The molecule has 1 aromatic heterocycles. The Bertz CT molecular complexity index is 1080. The topological polar surface area (TPSA) is 63.5 Å². The molecule has 2 heterocycles. The van der Waals surface area contributed by atoms with Crippen LogP contribution in [0.25, 0.3) is 5.69 Å². The number of thioether (sulfide) groups is 1. The molecule has 0 radical (unpaired) electrons. The lowest BCUT2D eigenvalue weighted by molar-refractivity contribution is -0.127. The number of amides is 1. The van der Waals surface area contributed by atoms with Gasteiger partial charge < -0.3 is 14.5 Å². The lowest BCUT2D eigenvalue weighted by Crippen LogP contribution is -2.37. The fourth-order valence-corrected chi connectivity index (χ4v) is 4.65. The number of aryl methyl sites for hydroxylation is 1. The average Bonchev–Trinajstić information content (AvgIpc) is 3.22. The molecular formula is C23H26ClN5O2S. The third-order valence-electron chi connectivity index (χ3n) is 5.23. The number of hydrogen-bond acceptors (Lipinski definition) is 6. The van der Waals surface area contributed by atoms with Crippen LogP contribution in [0.2, 0.25) is 5.02 Å². The molecule has 1 aliphatic rings. The number of ether oxygens (including phenoxy) is 1. The summed E-state index contributed by atoms with van der Waals surface area (Å²) in [4.78, 5) is 16.7. The molecule has 2 aromatic carbocycles. The number of carbonyl (C=O) groups excluding carboxylic acids is 1. The molecule has 4 rings (SSSR count). The minimum Gasteiger partial charge on any atom is -0.378 e. The van der Waals surface area contributed by atoms with Crippen molar-refractivity contribution in [3.63, 3.8) is 0 Å². The van der Waals surface area contributed by atoms with Crippen molar-refractivity contribution in [2.75, 3.05) is 44.0 Å². The molecule has 0 N–H and O–H groups in total. The summed E-state index contributed by atoms with van der Waals surface area (Å²) in [5.74, 6) is 1.06. The van der Waals surface area contributed by atoms with Crippen LogP contribution in [-0.2, 0) is 16.1 Å². The van der Waals surface area contributed by atoms with E-state index in [2.05, 4.69) is 34.2 Å². The number of benzene rings is 2. The summed E-state index contributed by atoms with van der Waals surface area (Å²) in [6, 6.07) is 15.8. The number of morpholine rings is 1. The van der Waals surface area contributed by atoms with E-state index >= 15 is 0 Å². The van der Waals surface area contributed by atoms with E-state index in [1.54, 1.807) is 11.9 Å². The van der Waals surface area contributed by atoms with Crippen molar-refractivity contribution in [3.8, 4) is 5.69 Å². The Hall–Kier alpha value is -2.55. The molecular weight excluding hydrogens is 446 g/mol. The second-order valence-electron chi connectivity index (χ2n) is 7.72. The van der Waals surface area contributed by atoms with Crippen molar-refractivity contribution in [2.45, 2.75) is 18.6 Å². The Morgan fingerprint density at radius 2 is 1.94 bits per heavy atom. The molecule has 0 bridgehead atoms. The van der Waals surface area contributed by atoms with Crippen LogP contribution >= 0.6 is 23.4 Å². The van der Waals surface area contributed by atoms with Gasteiger partial charge in [-0.3, -0.25) is 9.36 Å². The quantitative estimate of drug-likeness (QED) is 0.488. The van der Waals surface area contributed by atoms with Crippen molar-refractivity contribution in [2.24, 2.45) is 0 Å². The van der Waals surface area contributed by atoms with Crippen molar-refractivity contribution in [1.82, 2.24) is 19.7 Å². The minimum absolute atomic E-state index is 0.0155. The second kappa shape index (κ2) is 10.4. The van der Waals surface area contributed by atoms with Crippen LogP contribution in [0, 0.1) is 6.92 Å². The van der Waals surface area contributed by atoms with Crippen molar-refractivity contribution in [3.05, 3.63) is 64.7 Å². The molecule has 1 saturated heterocycles. The highest BCUT2D eigenvalue weighted by atomic mass is 35.5. The molecule has 7 nitrogen and oxygen atoms in total. The highest BCUT2D eigenvalue weighted by molar-refractivity contribution is 7.99. The summed E-state index contributed by atoms with van der Waals surface area (Å²) < 4.78 is 7.53. The molecule has 32 heavy (non-hydrogen) atoms. The van der Waals surface area contributed by atoms with Gasteiger partial charge in [0.25, 0.3) is 0 Å². The lowest BCUT2D eigenvalue weighted by Gasteiger charge is -2.28. The average molecular weight is 472 g/mol. The second-order valence-corrected chi connectivity index (χ2v) is 9.10. The summed E-state index contributed by atoms with van der Waals surface area (Å²) in [6.07, 6.45) is 0. The number of nitrogens with zero attached hydrogens (tertiary/aromatic N) is 5. The standard InChI is InChI=1S/C23H26ClN5O2S/c1-17-5-3-8-20(13-17)29-22(28-9-11-31-12-10-28)25-26-23(29)32-16-21(30)27(2)15-18-6-4-7-19(24)14-18/h3-8,13-14H,9-12,15-16H2,1-2H3. The zero-order chi connectivity index (χ0) is 22.5. The molecule has 0 atom stereocenters.